The fourth-order valence-corrected chi connectivity index (χ4v) is 3.85. The van der Waals surface area contributed by atoms with Gasteiger partial charge in [0.1, 0.15) is 0 Å². The van der Waals surface area contributed by atoms with E-state index < -0.39 is 10.0 Å². The van der Waals surface area contributed by atoms with Crippen LogP contribution in [-0.2, 0) is 16.6 Å². The number of nitrogens with zero attached hydrogens (tertiary/aromatic N) is 1. The molecule has 0 unspecified atom stereocenters. The number of rotatable bonds is 3. The highest BCUT2D eigenvalue weighted by Gasteiger charge is 2.28. The Balaban J connectivity index is 2.20. The maximum absolute atomic E-state index is 12.6. The number of aliphatic hydroxyl groups is 1. The fraction of sp³-hybridized carbons (Fsp3) is 0.500. The number of hydrogen-bond donors (Lipinski definition) is 1. The number of hydrogen-bond acceptors (Lipinski definition) is 3. The van der Waals surface area contributed by atoms with E-state index in [1.807, 2.05) is 6.08 Å². The van der Waals surface area contributed by atoms with Crippen LogP contribution in [0, 0.1) is 5.41 Å². The lowest BCUT2D eigenvalue weighted by Crippen LogP contribution is -2.36. The third-order valence-electron chi connectivity index (χ3n) is 3.88. The highest BCUT2D eigenvalue weighted by atomic mass is 32.2. The first kappa shape index (κ1) is 16.2. The molecule has 1 N–H and O–H groups in total. The Morgan fingerprint density at radius 1 is 1.19 bits per heavy atom. The van der Waals surface area contributed by atoms with Crippen molar-refractivity contribution in [1.29, 1.82) is 0 Å². The molecule has 0 atom stereocenters. The molecule has 0 saturated heterocycles. The molecule has 1 aromatic rings. The van der Waals surface area contributed by atoms with Gasteiger partial charge in [0.05, 0.1) is 11.5 Å². The minimum Gasteiger partial charge on any atom is -0.392 e. The zero-order valence-electron chi connectivity index (χ0n) is 12.8. The van der Waals surface area contributed by atoms with Gasteiger partial charge < -0.3 is 5.11 Å². The van der Waals surface area contributed by atoms with Crippen molar-refractivity contribution in [2.45, 2.75) is 38.7 Å². The molecule has 0 fully saturated rings. The van der Waals surface area contributed by atoms with Crippen LogP contribution in [0.2, 0.25) is 0 Å². The van der Waals surface area contributed by atoms with E-state index in [9.17, 15) is 8.42 Å². The van der Waals surface area contributed by atoms with Gasteiger partial charge in [0.25, 0.3) is 0 Å². The lowest BCUT2D eigenvalue weighted by atomic mass is 9.83. The smallest absolute Gasteiger partial charge is 0.243 e. The van der Waals surface area contributed by atoms with Crippen molar-refractivity contribution in [2.24, 2.45) is 5.41 Å². The molecule has 116 valence electrons. The summed E-state index contributed by atoms with van der Waals surface area (Å²) in [6.45, 7) is 7.31. The second kappa shape index (κ2) is 5.91. The number of sulfonamides is 1. The molecule has 0 aliphatic carbocycles. The average molecular weight is 309 g/mol. The molecule has 1 aromatic carbocycles. The van der Waals surface area contributed by atoms with Gasteiger partial charge in [-0.1, -0.05) is 44.6 Å². The van der Waals surface area contributed by atoms with Crippen molar-refractivity contribution in [2.75, 3.05) is 13.1 Å². The Morgan fingerprint density at radius 2 is 1.81 bits per heavy atom. The van der Waals surface area contributed by atoms with Gasteiger partial charge in [-0.05, 0) is 29.5 Å². The molecule has 1 aliphatic rings. The maximum Gasteiger partial charge on any atom is 0.243 e. The molecule has 1 heterocycles. The van der Waals surface area contributed by atoms with Crippen molar-refractivity contribution in [3.05, 3.63) is 41.5 Å². The molecule has 5 heteroatoms. The van der Waals surface area contributed by atoms with E-state index in [4.69, 9.17) is 5.11 Å². The predicted molar refractivity (Wildman–Crippen MR) is 83.3 cm³/mol. The van der Waals surface area contributed by atoms with Gasteiger partial charge in [-0.25, -0.2) is 8.42 Å². The Labute approximate surface area is 127 Å². The molecular weight excluding hydrogens is 286 g/mol. The van der Waals surface area contributed by atoms with Gasteiger partial charge in [0, 0.05) is 13.1 Å². The van der Waals surface area contributed by atoms with Gasteiger partial charge in [-0.15, -0.1) is 0 Å². The first-order chi connectivity index (χ1) is 9.75. The van der Waals surface area contributed by atoms with Crippen molar-refractivity contribution >= 4 is 10.0 Å². The van der Waals surface area contributed by atoms with Gasteiger partial charge in [-0.2, -0.15) is 4.31 Å². The van der Waals surface area contributed by atoms with Gasteiger partial charge in [0.2, 0.25) is 10.0 Å². The Bertz CT molecular complexity index is 624. The van der Waals surface area contributed by atoms with Crippen LogP contribution in [0.15, 0.2) is 40.8 Å². The Hall–Kier alpha value is -1.17. The monoisotopic (exact) mass is 309 g/mol. The summed E-state index contributed by atoms with van der Waals surface area (Å²) >= 11 is 0. The van der Waals surface area contributed by atoms with Crippen LogP contribution in [0.5, 0.6) is 0 Å². The topological polar surface area (TPSA) is 57.6 Å². The highest BCUT2D eigenvalue weighted by Crippen LogP contribution is 2.31. The minimum absolute atomic E-state index is 0.0816. The minimum atomic E-state index is -3.45. The predicted octanol–water partition coefficient (Wildman–Crippen LogP) is 2.55. The average Bonchev–Trinajstić information content (AvgIpc) is 2.46. The molecular formula is C16H23NO3S. The van der Waals surface area contributed by atoms with Crippen LogP contribution < -0.4 is 0 Å². The first-order valence-corrected chi connectivity index (χ1v) is 8.58. The summed E-state index contributed by atoms with van der Waals surface area (Å²) in [6.07, 6.45) is 2.81. The first-order valence-electron chi connectivity index (χ1n) is 7.14. The lowest BCUT2D eigenvalue weighted by Gasteiger charge is -2.31. The van der Waals surface area contributed by atoms with E-state index in [0.29, 0.717) is 18.7 Å². The highest BCUT2D eigenvalue weighted by molar-refractivity contribution is 7.89. The summed E-state index contributed by atoms with van der Waals surface area (Å²) in [6, 6.07) is 6.41. The summed E-state index contributed by atoms with van der Waals surface area (Å²) in [5.41, 5.74) is 2.12. The third-order valence-corrected chi connectivity index (χ3v) is 5.76. The lowest BCUT2D eigenvalue weighted by molar-refractivity contribution is 0.281. The molecule has 0 radical (unpaired) electrons. The van der Waals surface area contributed by atoms with Crippen LogP contribution in [0.3, 0.4) is 0 Å². The van der Waals surface area contributed by atoms with E-state index in [1.165, 1.54) is 9.88 Å². The van der Waals surface area contributed by atoms with Crippen molar-refractivity contribution in [1.82, 2.24) is 4.31 Å². The second-order valence-electron chi connectivity index (χ2n) is 6.39. The molecule has 1 aliphatic heterocycles. The molecule has 0 aromatic heterocycles. The van der Waals surface area contributed by atoms with E-state index in [1.54, 1.807) is 24.3 Å². The molecule has 0 bridgehead atoms. The van der Waals surface area contributed by atoms with Gasteiger partial charge in [0.15, 0.2) is 0 Å². The molecule has 21 heavy (non-hydrogen) atoms. The summed E-state index contributed by atoms with van der Waals surface area (Å²) in [7, 11) is -3.45. The molecule has 2 rings (SSSR count). The van der Waals surface area contributed by atoms with E-state index in [2.05, 4.69) is 20.8 Å². The van der Waals surface area contributed by atoms with Crippen molar-refractivity contribution in [3.63, 3.8) is 0 Å². The quantitative estimate of drug-likeness (QED) is 0.873. The van der Waals surface area contributed by atoms with E-state index in [0.717, 1.165) is 6.42 Å². The number of aliphatic hydroxyl groups excluding tert-OH is 1. The Kier molecular flexibility index (Phi) is 4.56. The summed E-state index contributed by atoms with van der Waals surface area (Å²) in [5, 5.41) is 9.02. The standard InChI is InChI=1S/C16H23NO3S/c1-16(2,3)14-8-10-17(11-9-14)21(19,20)15-6-4-13(12-18)5-7-15/h4-8,18H,9-12H2,1-3H3. The van der Waals surface area contributed by atoms with E-state index >= 15 is 0 Å². The zero-order chi connectivity index (χ0) is 15.7. The van der Waals surface area contributed by atoms with Crippen LogP contribution in [0.1, 0.15) is 32.8 Å². The van der Waals surface area contributed by atoms with Gasteiger partial charge >= 0.3 is 0 Å². The summed E-state index contributed by atoms with van der Waals surface area (Å²) in [4.78, 5) is 0.285. The Morgan fingerprint density at radius 3 is 2.24 bits per heavy atom. The summed E-state index contributed by atoms with van der Waals surface area (Å²) < 4.78 is 26.7. The molecule has 0 saturated carbocycles. The normalized spacial score (nSPS) is 17.6. The van der Waals surface area contributed by atoms with Crippen LogP contribution in [0.4, 0.5) is 0 Å². The third kappa shape index (κ3) is 3.54. The van der Waals surface area contributed by atoms with Crippen molar-refractivity contribution in [3.8, 4) is 0 Å². The van der Waals surface area contributed by atoms with Gasteiger partial charge in [-0.3, -0.25) is 0 Å². The van der Waals surface area contributed by atoms with E-state index in [-0.39, 0.29) is 16.9 Å². The zero-order valence-corrected chi connectivity index (χ0v) is 13.7. The molecule has 0 amide bonds. The van der Waals surface area contributed by atoms with Crippen LogP contribution >= 0.6 is 0 Å². The van der Waals surface area contributed by atoms with Crippen molar-refractivity contribution < 1.29 is 13.5 Å². The molecule has 4 nitrogen and oxygen atoms in total. The maximum atomic E-state index is 12.6. The molecule has 0 spiro atoms. The SMILES string of the molecule is CC(C)(C)C1=CCN(S(=O)(=O)c2ccc(CO)cc2)CC1. The summed E-state index contributed by atoms with van der Waals surface area (Å²) in [5.74, 6) is 0. The van der Waals surface area contributed by atoms with Crippen LogP contribution in [-0.4, -0.2) is 30.9 Å². The largest absolute Gasteiger partial charge is 0.392 e. The number of benzene rings is 1. The second-order valence-corrected chi connectivity index (χ2v) is 8.33. The fourth-order valence-electron chi connectivity index (χ4n) is 2.47. The van der Waals surface area contributed by atoms with Crippen LogP contribution in [0.25, 0.3) is 0 Å².